The van der Waals surface area contributed by atoms with Crippen molar-refractivity contribution >= 4 is 39.8 Å². The molecule has 4 aliphatic heterocycles. The predicted molar refractivity (Wildman–Crippen MR) is 209 cm³/mol. The summed E-state index contributed by atoms with van der Waals surface area (Å²) in [5.41, 5.74) is 24.5. The largest absolute Gasteiger partial charge is 0.309 e. The van der Waals surface area contributed by atoms with Gasteiger partial charge in [-0.2, -0.15) is 5.26 Å². The fourth-order valence-corrected chi connectivity index (χ4v) is 9.20. The Hall–Kier alpha value is -6.88. The number of fused-ring (bicyclic) bond motifs is 8. The summed E-state index contributed by atoms with van der Waals surface area (Å²) < 4.78 is 0. The zero-order chi connectivity index (χ0) is 34.5. The maximum absolute atomic E-state index is 9.45. The Kier molecular flexibility index (Phi) is 6.01. The normalized spacial score (nSPS) is 13.7. The van der Waals surface area contributed by atoms with Crippen LogP contribution in [0.4, 0.5) is 39.8 Å². The molecule has 0 saturated carbocycles. The lowest BCUT2D eigenvalue weighted by Crippen LogP contribution is -2.28. The first-order valence-corrected chi connectivity index (χ1v) is 17.9. The molecule has 0 fully saturated rings. The van der Waals surface area contributed by atoms with Gasteiger partial charge in [0.25, 0.3) is 0 Å². The van der Waals surface area contributed by atoms with E-state index in [0.29, 0.717) is 11.3 Å². The minimum absolute atomic E-state index is 0.663. The second-order valence-electron chi connectivity index (χ2n) is 14.3. The summed E-state index contributed by atoms with van der Waals surface area (Å²) in [6.07, 6.45) is 3.47. The van der Waals surface area contributed by atoms with E-state index in [2.05, 4.69) is 130 Å². The van der Waals surface area contributed by atoms with Crippen LogP contribution in [0.15, 0.2) is 133 Å². The van der Waals surface area contributed by atoms with E-state index < -0.39 is 0 Å². The summed E-state index contributed by atoms with van der Waals surface area (Å²) in [5.74, 6) is 0. The second kappa shape index (κ2) is 10.8. The molecule has 0 aromatic heterocycles. The van der Waals surface area contributed by atoms with Gasteiger partial charge in [0.2, 0.25) is 0 Å². The predicted octanol–water partition coefficient (Wildman–Crippen LogP) is 12.0. The van der Waals surface area contributed by atoms with Crippen molar-refractivity contribution in [2.24, 2.45) is 0 Å². The number of nitrogens with zero attached hydrogens (tertiary/aromatic N) is 4. The smallest absolute Gasteiger partial charge is 0.187 e. The molecule has 4 aliphatic rings. The molecule has 0 N–H and O–H groups in total. The number of nitriles is 1. The molecule has 0 unspecified atom stereocenters. The molecule has 0 aliphatic carbocycles. The Morgan fingerprint density at radius 3 is 1.44 bits per heavy atom. The SMILES string of the molecule is [C-]#[N+]c1ccc(-c2ccc3c4c2Cc2ccccc2N4c2cc4c(cc2C3)N2c3ccccc3Cc3c(-c5ccc(C#N)cc5)ccc(c32)C4)cc1. The van der Waals surface area contributed by atoms with Gasteiger partial charge >= 0.3 is 0 Å². The minimum Gasteiger partial charge on any atom is -0.309 e. The van der Waals surface area contributed by atoms with Gasteiger partial charge in [-0.05, 0) is 103 Å². The van der Waals surface area contributed by atoms with E-state index in [4.69, 9.17) is 6.57 Å². The molecule has 4 nitrogen and oxygen atoms in total. The van der Waals surface area contributed by atoms with E-state index >= 15 is 0 Å². The molecule has 0 bridgehead atoms. The van der Waals surface area contributed by atoms with Crippen LogP contribution in [0.2, 0.25) is 0 Å². The van der Waals surface area contributed by atoms with E-state index in [1.165, 1.54) is 89.8 Å². The van der Waals surface area contributed by atoms with Gasteiger partial charge in [0.05, 0.1) is 41.0 Å². The van der Waals surface area contributed by atoms with Crippen molar-refractivity contribution < 1.29 is 0 Å². The molecule has 0 saturated heterocycles. The van der Waals surface area contributed by atoms with Gasteiger partial charge in [0.15, 0.2) is 5.69 Å². The molecule has 242 valence electrons. The van der Waals surface area contributed by atoms with Crippen molar-refractivity contribution in [2.45, 2.75) is 25.7 Å². The van der Waals surface area contributed by atoms with Gasteiger partial charge in [-0.15, -0.1) is 0 Å². The maximum atomic E-state index is 9.45. The molecule has 11 rings (SSSR count). The molecule has 0 amide bonds. The summed E-state index contributed by atoms with van der Waals surface area (Å²) in [5, 5.41) is 9.45. The first-order chi connectivity index (χ1) is 25.7. The first-order valence-electron chi connectivity index (χ1n) is 17.9. The van der Waals surface area contributed by atoms with Crippen LogP contribution in [-0.4, -0.2) is 0 Å². The number of anilines is 6. The van der Waals surface area contributed by atoms with Crippen molar-refractivity contribution in [1.29, 1.82) is 5.26 Å². The summed E-state index contributed by atoms with van der Waals surface area (Å²) in [7, 11) is 0. The standard InChI is InChI=1S/C48H30N4/c1-50-38-18-14-31(15-19-38)40-21-17-35-23-37-26-45-36(27-46(37)52-44-9-5-3-7-33(44)25-42(40)48(35)52)22-34-16-20-39(30-12-10-29(28-49)11-13-30)41-24-32-6-2-4-8-43(32)51(45)47(34)41/h2-21,26-27H,22-25H2. The second-order valence-corrected chi connectivity index (χ2v) is 14.3. The fourth-order valence-electron chi connectivity index (χ4n) is 9.20. The van der Waals surface area contributed by atoms with Crippen LogP contribution in [0, 0.1) is 17.9 Å². The van der Waals surface area contributed by atoms with Crippen LogP contribution in [-0.2, 0) is 25.7 Å². The van der Waals surface area contributed by atoms with Crippen LogP contribution in [0.25, 0.3) is 27.1 Å². The average Bonchev–Trinajstić information content (AvgIpc) is 3.20. The third-order valence-electron chi connectivity index (χ3n) is 11.5. The average molecular weight is 663 g/mol. The molecule has 52 heavy (non-hydrogen) atoms. The number of hydrogen-bond donors (Lipinski definition) is 0. The molecule has 7 aromatic rings. The molecule has 4 heteroatoms. The number of benzene rings is 7. The van der Waals surface area contributed by atoms with Gasteiger partial charge < -0.3 is 9.80 Å². The quantitative estimate of drug-likeness (QED) is 0.173. The Bertz CT molecular complexity index is 2570. The zero-order valence-corrected chi connectivity index (χ0v) is 28.3. The third kappa shape index (κ3) is 4.07. The van der Waals surface area contributed by atoms with E-state index in [-0.39, 0.29) is 0 Å². The summed E-state index contributed by atoms with van der Waals surface area (Å²) >= 11 is 0. The van der Waals surface area contributed by atoms with Crippen LogP contribution in [0.1, 0.15) is 50.1 Å². The van der Waals surface area contributed by atoms with E-state index in [0.717, 1.165) is 36.8 Å². The first kappa shape index (κ1) is 28.9. The van der Waals surface area contributed by atoms with Crippen LogP contribution in [0.3, 0.4) is 0 Å². The molecule has 4 heterocycles. The summed E-state index contributed by atoms with van der Waals surface area (Å²) in [6, 6.07) is 50.3. The number of rotatable bonds is 2. The maximum Gasteiger partial charge on any atom is 0.187 e. The van der Waals surface area contributed by atoms with E-state index in [1.54, 1.807) is 0 Å². The monoisotopic (exact) mass is 662 g/mol. The highest BCUT2D eigenvalue weighted by Crippen LogP contribution is 2.57. The minimum atomic E-state index is 0.663. The van der Waals surface area contributed by atoms with Crippen LogP contribution < -0.4 is 9.80 Å². The topological polar surface area (TPSA) is 34.6 Å². The highest BCUT2D eigenvalue weighted by Gasteiger charge is 2.37. The van der Waals surface area contributed by atoms with Crippen molar-refractivity contribution in [2.75, 3.05) is 9.80 Å². The lowest BCUT2D eigenvalue weighted by Gasteiger charge is -2.43. The lowest BCUT2D eigenvalue weighted by molar-refractivity contribution is 0.983. The molecule has 7 aromatic carbocycles. The third-order valence-corrected chi connectivity index (χ3v) is 11.5. The van der Waals surface area contributed by atoms with Crippen molar-refractivity contribution in [3.05, 3.63) is 195 Å². The van der Waals surface area contributed by atoms with Crippen molar-refractivity contribution in [1.82, 2.24) is 0 Å². The lowest BCUT2D eigenvalue weighted by atomic mass is 9.80. The molecule has 0 atom stereocenters. The Labute approximate surface area is 302 Å². The van der Waals surface area contributed by atoms with Crippen molar-refractivity contribution in [3.8, 4) is 28.3 Å². The summed E-state index contributed by atoms with van der Waals surface area (Å²) in [6.45, 7) is 7.45. The highest BCUT2D eigenvalue weighted by molar-refractivity contribution is 5.97. The van der Waals surface area contributed by atoms with Gasteiger partial charge in [0, 0.05) is 37.1 Å². The van der Waals surface area contributed by atoms with Crippen LogP contribution >= 0.6 is 0 Å². The summed E-state index contributed by atoms with van der Waals surface area (Å²) in [4.78, 5) is 8.71. The Morgan fingerprint density at radius 2 is 0.962 bits per heavy atom. The molecular formula is C48H30N4. The Morgan fingerprint density at radius 1 is 0.481 bits per heavy atom. The van der Waals surface area contributed by atoms with Gasteiger partial charge in [-0.3, -0.25) is 0 Å². The zero-order valence-electron chi connectivity index (χ0n) is 28.3. The highest BCUT2D eigenvalue weighted by atomic mass is 15.2. The number of hydrogen-bond acceptors (Lipinski definition) is 3. The Balaban J connectivity index is 1.10. The molecular weight excluding hydrogens is 633 g/mol. The van der Waals surface area contributed by atoms with Crippen molar-refractivity contribution in [3.63, 3.8) is 0 Å². The number of para-hydroxylation sites is 2. The molecule has 0 spiro atoms. The van der Waals surface area contributed by atoms with E-state index in [9.17, 15) is 5.26 Å². The molecule has 0 radical (unpaired) electrons. The van der Waals surface area contributed by atoms with Gasteiger partial charge in [-0.25, -0.2) is 4.85 Å². The fraction of sp³-hybridized carbons (Fsp3) is 0.0833. The van der Waals surface area contributed by atoms with Gasteiger partial charge in [-0.1, -0.05) is 97.1 Å². The van der Waals surface area contributed by atoms with E-state index in [1.807, 2.05) is 24.3 Å². The van der Waals surface area contributed by atoms with Gasteiger partial charge in [0.1, 0.15) is 0 Å². The van der Waals surface area contributed by atoms with Crippen LogP contribution in [0.5, 0.6) is 0 Å².